The molecule has 1 aromatic rings. The normalized spacial score (nSPS) is 11.3. The summed E-state index contributed by atoms with van der Waals surface area (Å²) in [5.74, 6) is 0.959. The van der Waals surface area contributed by atoms with E-state index in [0.29, 0.717) is 0 Å². The fourth-order valence-electron chi connectivity index (χ4n) is 1.31. The highest BCUT2D eigenvalue weighted by atomic mass is 16.5. The fourth-order valence-corrected chi connectivity index (χ4v) is 1.31. The summed E-state index contributed by atoms with van der Waals surface area (Å²) in [6.45, 7) is 2.11. The molecule has 0 fully saturated rings. The number of para-hydroxylation sites is 1. The third-order valence-corrected chi connectivity index (χ3v) is 2.52. The third-order valence-electron chi connectivity index (χ3n) is 2.52. The molecule has 2 heteroatoms. The van der Waals surface area contributed by atoms with E-state index in [9.17, 15) is 0 Å². The SMILES string of the molecule is COc1ccccc1C/C=C(\C)N(C)C. The van der Waals surface area contributed by atoms with Gasteiger partial charge in [0.25, 0.3) is 0 Å². The maximum atomic E-state index is 5.30. The van der Waals surface area contributed by atoms with Gasteiger partial charge in [-0.2, -0.15) is 0 Å². The molecule has 0 radical (unpaired) electrons. The van der Waals surface area contributed by atoms with Crippen molar-refractivity contribution in [2.45, 2.75) is 13.3 Å². The van der Waals surface area contributed by atoms with Crippen LogP contribution in [0.2, 0.25) is 0 Å². The molecular formula is C13H19NO. The summed E-state index contributed by atoms with van der Waals surface area (Å²) in [4.78, 5) is 2.11. The molecule has 0 saturated carbocycles. The van der Waals surface area contributed by atoms with E-state index in [2.05, 4.69) is 24.0 Å². The van der Waals surface area contributed by atoms with E-state index in [1.54, 1.807) is 7.11 Å². The lowest BCUT2D eigenvalue weighted by molar-refractivity contribution is 0.410. The predicted octanol–water partition coefficient (Wildman–Crippen LogP) is 2.70. The standard InChI is InChI=1S/C13H19NO/c1-11(14(2)3)9-10-12-7-5-6-8-13(12)15-4/h5-9H,10H2,1-4H3/b11-9+. The van der Waals surface area contributed by atoms with E-state index in [1.165, 1.54) is 11.3 Å². The molecule has 0 aliphatic carbocycles. The highest BCUT2D eigenvalue weighted by Gasteiger charge is 1.99. The zero-order valence-corrected chi connectivity index (χ0v) is 9.95. The van der Waals surface area contributed by atoms with Gasteiger partial charge in [0.2, 0.25) is 0 Å². The Balaban J connectivity index is 2.77. The molecule has 1 rings (SSSR count). The second kappa shape index (κ2) is 5.44. The number of allylic oxidation sites excluding steroid dienone is 2. The molecule has 15 heavy (non-hydrogen) atoms. The van der Waals surface area contributed by atoms with Gasteiger partial charge in [0.15, 0.2) is 0 Å². The van der Waals surface area contributed by atoms with Crippen molar-refractivity contribution in [3.8, 4) is 5.75 Å². The van der Waals surface area contributed by atoms with Crippen LogP contribution in [0.5, 0.6) is 5.75 Å². The van der Waals surface area contributed by atoms with Crippen LogP contribution in [-0.4, -0.2) is 26.1 Å². The number of methoxy groups -OCH3 is 1. The van der Waals surface area contributed by atoms with Gasteiger partial charge in [-0.05, 0) is 25.0 Å². The van der Waals surface area contributed by atoms with Gasteiger partial charge in [-0.25, -0.2) is 0 Å². The van der Waals surface area contributed by atoms with Crippen LogP contribution in [0, 0.1) is 0 Å². The molecule has 2 nitrogen and oxygen atoms in total. The number of nitrogens with zero attached hydrogens (tertiary/aromatic N) is 1. The average Bonchev–Trinajstić information content (AvgIpc) is 2.26. The van der Waals surface area contributed by atoms with Gasteiger partial charge in [0, 0.05) is 19.8 Å². The molecule has 1 aromatic carbocycles. The van der Waals surface area contributed by atoms with E-state index in [4.69, 9.17) is 4.74 Å². The Hall–Kier alpha value is -1.44. The molecule has 0 spiro atoms. The molecule has 0 aliphatic rings. The second-order valence-corrected chi connectivity index (χ2v) is 3.76. The van der Waals surface area contributed by atoms with Crippen LogP contribution in [-0.2, 0) is 6.42 Å². The zero-order chi connectivity index (χ0) is 11.3. The third kappa shape index (κ3) is 3.31. The van der Waals surface area contributed by atoms with Gasteiger partial charge >= 0.3 is 0 Å². The van der Waals surface area contributed by atoms with Gasteiger partial charge < -0.3 is 9.64 Å². The monoisotopic (exact) mass is 205 g/mol. The van der Waals surface area contributed by atoms with Crippen molar-refractivity contribution in [1.82, 2.24) is 4.90 Å². The van der Waals surface area contributed by atoms with Gasteiger partial charge in [0.05, 0.1) is 7.11 Å². The number of benzene rings is 1. The van der Waals surface area contributed by atoms with Gasteiger partial charge in [-0.1, -0.05) is 24.3 Å². The van der Waals surface area contributed by atoms with Crippen LogP contribution in [0.25, 0.3) is 0 Å². The van der Waals surface area contributed by atoms with E-state index in [-0.39, 0.29) is 0 Å². The van der Waals surface area contributed by atoms with E-state index in [1.807, 2.05) is 32.3 Å². The molecule has 0 atom stereocenters. The van der Waals surface area contributed by atoms with Gasteiger partial charge in [-0.3, -0.25) is 0 Å². The minimum absolute atomic E-state index is 0.911. The second-order valence-electron chi connectivity index (χ2n) is 3.76. The Labute approximate surface area is 92.2 Å². The molecule has 0 saturated heterocycles. The number of rotatable bonds is 4. The molecule has 82 valence electrons. The Morgan fingerprint density at radius 1 is 1.33 bits per heavy atom. The molecule has 0 aliphatic heterocycles. The van der Waals surface area contributed by atoms with Crippen LogP contribution in [0.3, 0.4) is 0 Å². The lowest BCUT2D eigenvalue weighted by Crippen LogP contribution is -2.08. The van der Waals surface area contributed by atoms with E-state index < -0.39 is 0 Å². The summed E-state index contributed by atoms with van der Waals surface area (Å²) in [7, 11) is 5.81. The lowest BCUT2D eigenvalue weighted by atomic mass is 10.1. The van der Waals surface area contributed by atoms with Gasteiger partial charge in [0.1, 0.15) is 5.75 Å². The van der Waals surface area contributed by atoms with Crippen molar-refractivity contribution < 1.29 is 4.74 Å². The maximum Gasteiger partial charge on any atom is 0.122 e. The number of hydrogen-bond donors (Lipinski definition) is 0. The number of hydrogen-bond acceptors (Lipinski definition) is 2. The highest BCUT2D eigenvalue weighted by molar-refractivity contribution is 5.34. The summed E-state index contributed by atoms with van der Waals surface area (Å²) < 4.78 is 5.30. The molecule has 0 heterocycles. The molecule has 0 amide bonds. The fraction of sp³-hybridized carbons (Fsp3) is 0.385. The Kier molecular flexibility index (Phi) is 4.22. The molecule has 0 N–H and O–H groups in total. The minimum Gasteiger partial charge on any atom is -0.496 e. The Bertz CT molecular complexity index is 342. The summed E-state index contributed by atoms with van der Waals surface area (Å²) >= 11 is 0. The molecule has 0 bridgehead atoms. The highest BCUT2D eigenvalue weighted by Crippen LogP contribution is 2.18. The first kappa shape index (κ1) is 11.6. The van der Waals surface area contributed by atoms with Crippen LogP contribution in [0.1, 0.15) is 12.5 Å². The quantitative estimate of drug-likeness (QED) is 0.749. The summed E-state index contributed by atoms with van der Waals surface area (Å²) in [6, 6.07) is 8.12. The van der Waals surface area contributed by atoms with Crippen LogP contribution in [0.4, 0.5) is 0 Å². The molecule has 0 unspecified atom stereocenters. The zero-order valence-electron chi connectivity index (χ0n) is 9.95. The van der Waals surface area contributed by atoms with E-state index >= 15 is 0 Å². The molecule has 0 aromatic heterocycles. The Morgan fingerprint density at radius 3 is 2.60 bits per heavy atom. The first-order valence-electron chi connectivity index (χ1n) is 5.11. The van der Waals surface area contributed by atoms with Gasteiger partial charge in [-0.15, -0.1) is 0 Å². The number of ether oxygens (including phenoxy) is 1. The smallest absolute Gasteiger partial charge is 0.122 e. The average molecular weight is 205 g/mol. The largest absolute Gasteiger partial charge is 0.496 e. The van der Waals surface area contributed by atoms with Crippen LogP contribution >= 0.6 is 0 Å². The van der Waals surface area contributed by atoms with Crippen molar-refractivity contribution in [2.75, 3.05) is 21.2 Å². The van der Waals surface area contributed by atoms with Crippen molar-refractivity contribution in [1.29, 1.82) is 0 Å². The van der Waals surface area contributed by atoms with E-state index in [0.717, 1.165) is 12.2 Å². The predicted molar refractivity (Wildman–Crippen MR) is 64.1 cm³/mol. The minimum atomic E-state index is 0.911. The topological polar surface area (TPSA) is 12.5 Å². The van der Waals surface area contributed by atoms with Crippen molar-refractivity contribution >= 4 is 0 Å². The maximum absolute atomic E-state index is 5.30. The lowest BCUT2D eigenvalue weighted by Gasteiger charge is -2.13. The summed E-state index contributed by atoms with van der Waals surface area (Å²) in [5, 5.41) is 0. The van der Waals surface area contributed by atoms with Crippen LogP contribution in [0.15, 0.2) is 36.0 Å². The van der Waals surface area contributed by atoms with Crippen LogP contribution < -0.4 is 4.74 Å². The molecular weight excluding hydrogens is 186 g/mol. The van der Waals surface area contributed by atoms with Crippen molar-refractivity contribution in [3.63, 3.8) is 0 Å². The summed E-state index contributed by atoms with van der Waals surface area (Å²) in [5.41, 5.74) is 2.49. The van der Waals surface area contributed by atoms with Crippen molar-refractivity contribution in [2.24, 2.45) is 0 Å². The summed E-state index contributed by atoms with van der Waals surface area (Å²) in [6.07, 6.45) is 3.12. The van der Waals surface area contributed by atoms with Crippen molar-refractivity contribution in [3.05, 3.63) is 41.6 Å². The first-order valence-corrected chi connectivity index (χ1v) is 5.11. The Morgan fingerprint density at radius 2 is 2.00 bits per heavy atom. The first-order chi connectivity index (χ1) is 7.15.